The second-order valence-electron chi connectivity index (χ2n) is 5.31. The van der Waals surface area contributed by atoms with E-state index in [2.05, 4.69) is 33.0 Å². The molecule has 0 amide bonds. The summed E-state index contributed by atoms with van der Waals surface area (Å²) >= 11 is 0. The highest BCUT2D eigenvalue weighted by atomic mass is 19.1. The van der Waals surface area contributed by atoms with Crippen molar-refractivity contribution in [2.45, 2.75) is 52.6 Å². The van der Waals surface area contributed by atoms with Gasteiger partial charge in [0, 0.05) is 12.1 Å². The summed E-state index contributed by atoms with van der Waals surface area (Å²) < 4.78 is 12.8. The van der Waals surface area contributed by atoms with Crippen molar-refractivity contribution < 1.29 is 4.39 Å². The predicted molar refractivity (Wildman–Crippen MR) is 71.5 cm³/mol. The number of nitrogens with one attached hydrogen (secondary N) is 1. The van der Waals surface area contributed by atoms with Crippen molar-refractivity contribution in [1.82, 2.24) is 5.32 Å². The molecule has 1 unspecified atom stereocenters. The van der Waals surface area contributed by atoms with Gasteiger partial charge in [-0.15, -0.1) is 0 Å². The summed E-state index contributed by atoms with van der Waals surface area (Å²) in [5, 5.41) is 3.55. The summed E-state index contributed by atoms with van der Waals surface area (Å²) in [4.78, 5) is 0. The molecule has 0 saturated carbocycles. The fourth-order valence-corrected chi connectivity index (χ4v) is 1.94. The van der Waals surface area contributed by atoms with E-state index in [0.29, 0.717) is 6.04 Å². The Morgan fingerprint density at radius 2 is 1.59 bits per heavy atom. The minimum atomic E-state index is -0.172. The SMILES string of the molecule is CC(C)CCC(C)N[C@H](C)c1ccc(F)cc1. The second kappa shape index (κ2) is 6.75. The van der Waals surface area contributed by atoms with E-state index in [4.69, 9.17) is 0 Å². The average Bonchev–Trinajstić information content (AvgIpc) is 2.27. The highest BCUT2D eigenvalue weighted by Gasteiger charge is 2.09. The first-order valence-electron chi connectivity index (χ1n) is 6.50. The molecule has 1 nitrogen and oxygen atoms in total. The standard InChI is InChI=1S/C15H24FN/c1-11(2)5-6-12(3)17-13(4)14-7-9-15(16)10-8-14/h7-13,17H,5-6H2,1-4H3/t12?,13-/m1/s1. The lowest BCUT2D eigenvalue weighted by atomic mass is 10.0. The molecule has 0 radical (unpaired) electrons. The molecule has 0 spiro atoms. The van der Waals surface area contributed by atoms with Gasteiger partial charge in [0.1, 0.15) is 5.82 Å². The molecule has 0 aromatic heterocycles. The molecule has 17 heavy (non-hydrogen) atoms. The van der Waals surface area contributed by atoms with Crippen molar-refractivity contribution in [2.75, 3.05) is 0 Å². The molecule has 0 heterocycles. The van der Waals surface area contributed by atoms with Crippen LogP contribution in [0.25, 0.3) is 0 Å². The molecular formula is C15H24FN. The van der Waals surface area contributed by atoms with Crippen LogP contribution in [0.3, 0.4) is 0 Å². The van der Waals surface area contributed by atoms with E-state index in [1.807, 2.05) is 12.1 Å². The zero-order valence-electron chi connectivity index (χ0n) is 11.3. The van der Waals surface area contributed by atoms with E-state index < -0.39 is 0 Å². The number of benzene rings is 1. The Balaban J connectivity index is 2.42. The van der Waals surface area contributed by atoms with Gasteiger partial charge in [-0.2, -0.15) is 0 Å². The summed E-state index contributed by atoms with van der Waals surface area (Å²) in [6.45, 7) is 8.83. The number of hydrogen-bond acceptors (Lipinski definition) is 1. The topological polar surface area (TPSA) is 12.0 Å². The van der Waals surface area contributed by atoms with Crippen molar-refractivity contribution in [2.24, 2.45) is 5.92 Å². The number of halogens is 1. The Hall–Kier alpha value is -0.890. The van der Waals surface area contributed by atoms with Crippen LogP contribution in [0.5, 0.6) is 0 Å². The third-order valence-electron chi connectivity index (χ3n) is 3.08. The Bertz CT molecular complexity index is 318. The van der Waals surface area contributed by atoms with E-state index in [1.165, 1.54) is 25.0 Å². The summed E-state index contributed by atoms with van der Waals surface area (Å²) in [7, 11) is 0. The monoisotopic (exact) mass is 237 g/mol. The Morgan fingerprint density at radius 3 is 2.12 bits per heavy atom. The first kappa shape index (κ1) is 14.2. The van der Waals surface area contributed by atoms with Crippen molar-refractivity contribution in [3.63, 3.8) is 0 Å². The highest BCUT2D eigenvalue weighted by Crippen LogP contribution is 2.15. The van der Waals surface area contributed by atoms with Crippen molar-refractivity contribution in [3.8, 4) is 0 Å². The van der Waals surface area contributed by atoms with Gasteiger partial charge in [0.25, 0.3) is 0 Å². The third kappa shape index (κ3) is 5.31. The normalized spacial score (nSPS) is 14.9. The molecule has 0 saturated heterocycles. The minimum absolute atomic E-state index is 0.172. The third-order valence-corrected chi connectivity index (χ3v) is 3.08. The van der Waals surface area contributed by atoms with Crippen LogP contribution in [0, 0.1) is 11.7 Å². The van der Waals surface area contributed by atoms with Gasteiger partial charge < -0.3 is 5.32 Å². The highest BCUT2D eigenvalue weighted by molar-refractivity contribution is 5.19. The molecule has 0 fully saturated rings. The average molecular weight is 237 g/mol. The van der Waals surface area contributed by atoms with Crippen LogP contribution in [0.15, 0.2) is 24.3 Å². The van der Waals surface area contributed by atoms with Crippen LogP contribution >= 0.6 is 0 Å². The summed E-state index contributed by atoms with van der Waals surface area (Å²) in [5.41, 5.74) is 1.14. The van der Waals surface area contributed by atoms with Gasteiger partial charge >= 0.3 is 0 Å². The van der Waals surface area contributed by atoms with E-state index in [0.717, 1.165) is 11.5 Å². The minimum Gasteiger partial charge on any atom is -0.308 e. The molecule has 0 aliphatic carbocycles. The fraction of sp³-hybridized carbons (Fsp3) is 0.600. The summed E-state index contributed by atoms with van der Waals surface area (Å²) in [6.07, 6.45) is 2.42. The Kier molecular flexibility index (Phi) is 5.63. The lowest BCUT2D eigenvalue weighted by molar-refractivity contribution is 0.417. The van der Waals surface area contributed by atoms with Gasteiger partial charge in [0.15, 0.2) is 0 Å². The zero-order valence-corrected chi connectivity index (χ0v) is 11.3. The van der Waals surface area contributed by atoms with Crippen molar-refractivity contribution >= 4 is 0 Å². The molecule has 2 heteroatoms. The molecular weight excluding hydrogens is 213 g/mol. The Morgan fingerprint density at radius 1 is 1.00 bits per heavy atom. The van der Waals surface area contributed by atoms with Gasteiger partial charge in [-0.05, 0) is 50.3 Å². The quantitative estimate of drug-likeness (QED) is 0.777. The van der Waals surface area contributed by atoms with Gasteiger partial charge in [-0.1, -0.05) is 26.0 Å². The molecule has 1 rings (SSSR count). The smallest absolute Gasteiger partial charge is 0.123 e. The van der Waals surface area contributed by atoms with E-state index >= 15 is 0 Å². The molecule has 1 N–H and O–H groups in total. The Labute approximate surface area is 104 Å². The maximum atomic E-state index is 12.8. The van der Waals surface area contributed by atoms with E-state index in [9.17, 15) is 4.39 Å². The second-order valence-corrected chi connectivity index (χ2v) is 5.31. The van der Waals surface area contributed by atoms with Crippen LogP contribution in [-0.2, 0) is 0 Å². The van der Waals surface area contributed by atoms with Gasteiger partial charge in [-0.3, -0.25) is 0 Å². The van der Waals surface area contributed by atoms with Crippen LogP contribution in [0.4, 0.5) is 4.39 Å². The number of hydrogen-bond donors (Lipinski definition) is 1. The lowest BCUT2D eigenvalue weighted by Gasteiger charge is -2.21. The first-order valence-corrected chi connectivity index (χ1v) is 6.50. The van der Waals surface area contributed by atoms with E-state index in [1.54, 1.807) is 0 Å². The van der Waals surface area contributed by atoms with Gasteiger partial charge in [0.05, 0.1) is 0 Å². The fourth-order valence-electron chi connectivity index (χ4n) is 1.94. The van der Waals surface area contributed by atoms with Gasteiger partial charge in [-0.25, -0.2) is 4.39 Å². The van der Waals surface area contributed by atoms with E-state index in [-0.39, 0.29) is 11.9 Å². The van der Waals surface area contributed by atoms with Gasteiger partial charge in [0.2, 0.25) is 0 Å². The zero-order chi connectivity index (χ0) is 12.8. The molecule has 0 aliphatic rings. The van der Waals surface area contributed by atoms with Crippen LogP contribution in [0.1, 0.15) is 52.1 Å². The molecule has 0 aliphatic heterocycles. The maximum absolute atomic E-state index is 12.8. The molecule has 0 bridgehead atoms. The van der Waals surface area contributed by atoms with Crippen molar-refractivity contribution in [1.29, 1.82) is 0 Å². The van der Waals surface area contributed by atoms with Crippen LogP contribution in [-0.4, -0.2) is 6.04 Å². The molecule has 96 valence electrons. The predicted octanol–water partition coefficient (Wildman–Crippen LogP) is 4.30. The van der Waals surface area contributed by atoms with Crippen LogP contribution < -0.4 is 5.32 Å². The summed E-state index contributed by atoms with van der Waals surface area (Å²) in [5.74, 6) is 0.578. The molecule has 1 aromatic rings. The summed E-state index contributed by atoms with van der Waals surface area (Å²) in [6, 6.07) is 7.51. The molecule has 2 atom stereocenters. The lowest BCUT2D eigenvalue weighted by Crippen LogP contribution is -2.29. The largest absolute Gasteiger partial charge is 0.308 e. The maximum Gasteiger partial charge on any atom is 0.123 e. The first-order chi connectivity index (χ1) is 7.99. The van der Waals surface area contributed by atoms with Crippen LogP contribution in [0.2, 0.25) is 0 Å². The number of rotatable bonds is 6. The van der Waals surface area contributed by atoms with Crippen molar-refractivity contribution in [3.05, 3.63) is 35.6 Å². The molecule has 1 aromatic carbocycles.